The summed E-state index contributed by atoms with van der Waals surface area (Å²) in [7, 11) is 0. The van der Waals surface area contributed by atoms with Crippen molar-refractivity contribution in [1.29, 1.82) is 0 Å². The number of oxazole rings is 1. The molecule has 0 fully saturated rings. The van der Waals surface area contributed by atoms with Gasteiger partial charge in [0.15, 0.2) is 5.58 Å². The summed E-state index contributed by atoms with van der Waals surface area (Å²) in [5, 5.41) is 0. The Bertz CT molecular complexity index is 924. The summed E-state index contributed by atoms with van der Waals surface area (Å²) in [6.45, 7) is 0. The van der Waals surface area contributed by atoms with E-state index < -0.39 is 0 Å². The molecule has 4 rings (SSSR count). The fourth-order valence-corrected chi connectivity index (χ4v) is 2.28. The number of hydrogen-bond donors (Lipinski definition) is 0. The van der Waals surface area contributed by atoms with Crippen LogP contribution in [0.15, 0.2) is 82.5 Å². The Morgan fingerprint density at radius 1 is 0.870 bits per heavy atom. The van der Waals surface area contributed by atoms with Gasteiger partial charge in [0.2, 0.25) is 5.89 Å². The zero-order valence-electron chi connectivity index (χ0n) is 12.3. The van der Waals surface area contributed by atoms with Crippen molar-refractivity contribution in [3.05, 3.63) is 78.6 Å². The molecule has 0 spiro atoms. The van der Waals surface area contributed by atoms with Gasteiger partial charge < -0.3 is 4.42 Å². The molecule has 0 unspecified atom stereocenters. The van der Waals surface area contributed by atoms with Gasteiger partial charge in [-0.2, -0.15) is 0 Å². The first-order valence-corrected chi connectivity index (χ1v) is 7.29. The molecule has 0 aliphatic heterocycles. The molecule has 2 aromatic carbocycles. The Balaban J connectivity index is 1.59. The van der Waals surface area contributed by atoms with Crippen LogP contribution in [0.4, 0.5) is 5.69 Å². The van der Waals surface area contributed by atoms with Crippen molar-refractivity contribution in [1.82, 2.24) is 9.97 Å². The quantitative estimate of drug-likeness (QED) is 0.518. The molecule has 4 heteroatoms. The second-order valence-corrected chi connectivity index (χ2v) is 5.07. The highest BCUT2D eigenvalue weighted by molar-refractivity contribution is 5.82. The van der Waals surface area contributed by atoms with Crippen molar-refractivity contribution in [3.8, 4) is 11.5 Å². The second-order valence-electron chi connectivity index (χ2n) is 5.07. The molecule has 0 saturated heterocycles. The van der Waals surface area contributed by atoms with Crippen molar-refractivity contribution < 1.29 is 4.42 Å². The largest absolute Gasteiger partial charge is 0.436 e. The van der Waals surface area contributed by atoms with E-state index in [0.717, 1.165) is 27.9 Å². The lowest BCUT2D eigenvalue weighted by Gasteiger charge is -1.97. The number of pyridine rings is 1. The van der Waals surface area contributed by atoms with E-state index in [4.69, 9.17) is 4.42 Å². The van der Waals surface area contributed by atoms with Gasteiger partial charge in [-0.05, 0) is 54.1 Å². The van der Waals surface area contributed by atoms with E-state index in [0.29, 0.717) is 5.89 Å². The van der Waals surface area contributed by atoms with Crippen LogP contribution in [-0.2, 0) is 0 Å². The number of aromatic nitrogens is 2. The van der Waals surface area contributed by atoms with Crippen LogP contribution in [0.5, 0.6) is 0 Å². The molecule has 4 aromatic rings. The third-order valence-corrected chi connectivity index (χ3v) is 3.48. The summed E-state index contributed by atoms with van der Waals surface area (Å²) in [6.07, 6.45) is 5.31. The molecule has 0 amide bonds. The van der Waals surface area contributed by atoms with Crippen LogP contribution in [-0.4, -0.2) is 16.2 Å². The van der Waals surface area contributed by atoms with Crippen LogP contribution in [0.3, 0.4) is 0 Å². The molecular weight excluding hydrogens is 286 g/mol. The normalized spacial score (nSPS) is 11.3. The number of hydrogen-bond acceptors (Lipinski definition) is 4. The number of rotatable bonds is 3. The molecule has 0 atom stereocenters. The van der Waals surface area contributed by atoms with E-state index in [9.17, 15) is 0 Å². The Hall–Kier alpha value is -3.27. The van der Waals surface area contributed by atoms with Crippen LogP contribution < -0.4 is 0 Å². The van der Waals surface area contributed by atoms with Crippen molar-refractivity contribution in [3.63, 3.8) is 0 Å². The summed E-state index contributed by atoms with van der Waals surface area (Å²) >= 11 is 0. The maximum atomic E-state index is 5.77. The van der Waals surface area contributed by atoms with Gasteiger partial charge in [0, 0.05) is 24.2 Å². The minimum Gasteiger partial charge on any atom is -0.436 e. The van der Waals surface area contributed by atoms with E-state index in [-0.39, 0.29) is 0 Å². The number of aliphatic imine (C=N–C) groups is 1. The smallest absolute Gasteiger partial charge is 0.227 e. The molecule has 0 radical (unpaired) electrons. The molecule has 0 saturated carbocycles. The number of nitrogens with zero attached hydrogens (tertiary/aromatic N) is 3. The third kappa shape index (κ3) is 2.87. The summed E-state index contributed by atoms with van der Waals surface area (Å²) < 4.78 is 5.77. The molecule has 23 heavy (non-hydrogen) atoms. The van der Waals surface area contributed by atoms with E-state index in [1.54, 1.807) is 12.4 Å². The van der Waals surface area contributed by atoms with E-state index in [1.807, 2.05) is 66.9 Å². The lowest BCUT2D eigenvalue weighted by molar-refractivity contribution is 0.620. The van der Waals surface area contributed by atoms with Crippen molar-refractivity contribution in [2.24, 2.45) is 4.99 Å². The van der Waals surface area contributed by atoms with Crippen LogP contribution in [0.2, 0.25) is 0 Å². The van der Waals surface area contributed by atoms with Gasteiger partial charge in [-0.15, -0.1) is 0 Å². The van der Waals surface area contributed by atoms with E-state index in [2.05, 4.69) is 15.0 Å². The second kappa shape index (κ2) is 5.85. The monoisotopic (exact) mass is 299 g/mol. The summed E-state index contributed by atoms with van der Waals surface area (Å²) in [6, 6.07) is 19.4. The minimum atomic E-state index is 0.621. The predicted molar refractivity (Wildman–Crippen MR) is 90.9 cm³/mol. The molecular formula is C19H13N3O. The molecule has 4 nitrogen and oxygen atoms in total. The van der Waals surface area contributed by atoms with Gasteiger partial charge in [-0.1, -0.05) is 12.1 Å². The maximum absolute atomic E-state index is 5.77. The SMILES string of the molecule is C(=Nc1ccc(-c2nc3ccccc3o2)cc1)c1ccncc1. The first kappa shape index (κ1) is 13.4. The molecule has 2 aromatic heterocycles. The van der Waals surface area contributed by atoms with Gasteiger partial charge in [-0.25, -0.2) is 4.98 Å². The third-order valence-electron chi connectivity index (χ3n) is 3.48. The molecule has 110 valence electrons. The fourth-order valence-electron chi connectivity index (χ4n) is 2.28. The van der Waals surface area contributed by atoms with Gasteiger partial charge >= 0.3 is 0 Å². The van der Waals surface area contributed by atoms with Crippen LogP contribution in [0.25, 0.3) is 22.6 Å². The lowest BCUT2D eigenvalue weighted by atomic mass is 10.2. The van der Waals surface area contributed by atoms with Gasteiger partial charge in [0.1, 0.15) is 5.52 Å². The van der Waals surface area contributed by atoms with Crippen molar-refractivity contribution >= 4 is 23.0 Å². The molecule has 2 heterocycles. The molecule has 0 aliphatic rings. The summed E-state index contributed by atoms with van der Waals surface area (Å²) in [5.74, 6) is 0.621. The summed E-state index contributed by atoms with van der Waals surface area (Å²) in [4.78, 5) is 12.9. The number of benzene rings is 2. The zero-order chi connectivity index (χ0) is 15.5. The molecule has 0 N–H and O–H groups in total. The van der Waals surface area contributed by atoms with Crippen molar-refractivity contribution in [2.75, 3.05) is 0 Å². The molecule has 0 bridgehead atoms. The van der Waals surface area contributed by atoms with Gasteiger partial charge in [0.05, 0.1) is 5.69 Å². The van der Waals surface area contributed by atoms with Crippen LogP contribution in [0, 0.1) is 0 Å². The van der Waals surface area contributed by atoms with Crippen LogP contribution in [0.1, 0.15) is 5.56 Å². The summed E-state index contributed by atoms with van der Waals surface area (Å²) in [5.41, 5.74) is 4.48. The highest BCUT2D eigenvalue weighted by Crippen LogP contribution is 2.25. The standard InChI is InChI=1S/C19H13N3O/c1-2-4-18-17(3-1)22-19(23-18)15-5-7-16(8-6-15)21-13-14-9-11-20-12-10-14/h1-13H. The topological polar surface area (TPSA) is 51.3 Å². The van der Waals surface area contributed by atoms with E-state index >= 15 is 0 Å². The average Bonchev–Trinajstić information content (AvgIpc) is 3.05. The number of fused-ring (bicyclic) bond motifs is 1. The van der Waals surface area contributed by atoms with Crippen LogP contribution >= 0.6 is 0 Å². The highest BCUT2D eigenvalue weighted by atomic mass is 16.3. The Labute approximate surface area is 133 Å². The first-order valence-electron chi connectivity index (χ1n) is 7.29. The minimum absolute atomic E-state index is 0.621. The van der Waals surface area contributed by atoms with Gasteiger partial charge in [-0.3, -0.25) is 9.98 Å². The average molecular weight is 299 g/mol. The number of para-hydroxylation sites is 2. The maximum Gasteiger partial charge on any atom is 0.227 e. The predicted octanol–water partition coefficient (Wildman–Crippen LogP) is 4.64. The Morgan fingerprint density at radius 3 is 2.43 bits per heavy atom. The Morgan fingerprint density at radius 2 is 1.65 bits per heavy atom. The fraction of sp³-hybridized carbons (Fsp3) is 0. The van der Waals surface area contributed by atoms with E-state index in [1.165, 1.54) is 0 Å². The first-order chi connectivity index (χ1) is 11.4. The zero-order valence-corrected chi connectivity index (χ0v) is 12.3. The van der Waals surface area contributed by atoms with Crippen molar-refractivity contribution in [2.45, 2.75) is 0 Å². The lowest BCUT2D eigenvalue weighted by Crippen LogP contribution is -1.80. The molecule has 0 aliphatic carbocycles. The van der Waals surface area contributed by atoms with Gasteiger partial charge in [0.25, 0.3) is 0 Å². The Kier molecular flexibility index (Phi) is 3.41. The highest BCUT2D eigenvalue weighted by Gasteiger charge is 2.07.